The highest BCUT2D eigenvalue weighted by Crippen LogP contribution is 2.12. The molecule has 0 spiro atoms. The van der Waals surface area contributed by atoms with Crippen molar-refractivity contribution >= 4 is 12.1 Å². The van der Waals surface area contributed by atoms with Gasteiger partial charge in [0.2, 0.25) is 0 Å². The molecule has 5 nitrogen and oxygen atoms in total. The summed E-state index contributed by atoms with van der Waals surface area (Å²) in [6, 6.07) is 9.75. The van der Waals surface area contributed by atoms with Gasteiger partial charge in [-0.25, -0.2) is 4.79 Å². The van der Waals surface area contributed by atoms with Gasteiger partial charge in [0, 0.05) is 6.04 Å². The van der Waals surface area contributed by atoms with E-state index in [0.29, 0.717) is 6.42 Å². The normalized spacial score (nSPS) is 12.5. The number of amides is 1. The van der Waals surface area contributed by atoms with Crippen LogP contribution in [0.5, 0.6) is 0 Å². The number of aliphatic carboxylic acids is 1. The SMILES string of the molecule is CC(C)(C)OC(=O)N[C@H](CCCCc1ccccc1)CC(=O)O. The minimum absolute atomic E-state index is 0.0927. The number of benzene rings is 1. The molecule has 128 valence electrons. The Balaban J connectivity index is 2.38. The Bertz CT molecular complexity index is 493. The smallest absolute Gasteiger partial charge is 0.407 e. The summed E-state index contributed by atoms with van der Waals surface area (Å²) >= 11 is 0. The molecule has 0 bridgehead atoms. The van der Waals surface area contributed by atoms with Crippen LogP contribution in [0.25, 0.3) is 0 Å². The van der Waals surface area contributed by atoms with E-state index in [2.05, 4.69) is 17.4 Å². The fourth-order valence-corrected chi connectivity index (χ4v) is 2.27. The number of carboxylic acid groups (broad SMARTS) is 1. The molecule has 0 saturated heterocycles. The maximum absolute atomic E-state index is 11.8. The largest absolute Gasteiger partial charge is 0.481 e. The molecule has 0 heterocycles. The van der Waals surface area contributed by atoms with Crippen LogP contribution in [0.4, 0.5) is 4.79 Å². The van der Waals surface area contributed by atoms with Crippen LogP contribution < -0.4 is 5.32 Å². The number of carbonyl (C=O) groups is 2. The van der Waals surface area contributed by atoms with E-state index in [1.807, 2.05) is 18.2 Å². The number of hydrogen-bond acceptors (Lipinski definition) is 3. The summed E-state index contributed by atoms with van der Waals surface area (Å²) in [5, 5.41) is 11.6. The predicted molar refractivity (Wildman–Crippen MR) is 89.4 cm³/mol. The van der Waals surface area contributed by atoms with Crippen molar-refractivity contribution in [2.45, 2.75) is 64.5 Å². The maximum atomic E-state index is 11.8. The van der Waals surface area contributed by atoms with Crippen molar-refractivity contribution in [3.63, 3.8) is 0 Å². The van der Waals surface area contributed by atoms with Gasteiger partial charge in [-0.05, 0) is 45.6 Å². The summed E-state index contributed by atoms with van der Waals surface area (Å²) in [6.45, 7) is 5.33. The first-order valence-electron chi connectivity index (χ1n) is 8.01. The number of nitrogens with one attached hydrogen (secondary N) is 1. The van der Waals surface area contributed by atoms with E-state index in [1.54, 1.807) is 20.8 Å². The molecule has 0 aliphatic heterocycles. The van der Waals surface area contributed by atoms with Gasteiger partial charge in [0.1, 0.15) is 5.60 Å². The number of hydrogen-bond donors (Lipinski definition) is 2. The number of carbonyl (C=O) groups excluding carboxylic acids is 1. The number of carboxylic acids is 1. The molecule has 23 heavy (non-hydrogen) atoms. The van der Waals surface area contributed by atoms with Crippen LogP contribution in [0.1, 0.15) is 52.0 Å². The zero-order chi connectivity index (χ0) is 17.3. The number of alkyl carbamates (subject to hydrolysis) is 1. The van der Waals surface area contributed by atoms with Gasteiger partial charge >= 0.3 is 12.1 Å². The Hall–Kier alpha value is -2.04. The third kappa shape index (κ3) is 9.55. The summed E-state index contributed by atoms with van der Waals surface area (Å²) in [6.07, 6.45) is 2.72. The molecule has 1 aromatic carbocycles. The number of unbranched alkanes of at least 4 members (excludes halogenated alkanes) is 1. The Morgan fingerprint density at radius 2 is 1.83 bits per heavy atom. The second-order valence-electron chi connectivity index (χ2n) is 6.67. The lowest BCUT2D eigenvalue weighted by Crippen LogP contribution is -2.40. The lowest BCUT2D eigenvalue weighted by atomic mass is 10.0. The number of ether oxygens (including phenoxy) is 1. The number of rotatable bonds is 8. The van der Waals surface area contributed by atoms with Crippen LogP contribution in [0.3, 0.4) is 0 Å². The Kier molecular flexibility index (Phi) is 7.59. The van der Waals surface area contributed by atoms with Crippen molar-refractivity contribution in [3.05, 3.63) is 35.9 Å². The van der Waals surface area contributed by atoms with E-state index in [4.69, 9.17) is 9.84 Å². The topological polar surface area (TPSA) is 75.6 Å². The van der Waals surface area contributed by atoms with Gasteiger partial charge in [0.05, 0.1) is 6.42 Å². The minimum atomic E-state index is -0.922. The Morgan fingerprint density at radius 1 is 1.17 bits per heavy atom. The molecule has 0 fully saturated rings. The third-order valence-electron chi connectivity index (χ3n) is 3.25. The first-order valence-corrected chi connectivity index (χ1v) is 8.01. The molecule has 0 saturated carbocycles. The van der Waals surface area contributed by atoms with Gasteiger partial charge in [-0.1, -0.05) is 36.8 Å². The summed E-state index contributed by atoms with van der Waals surface area (Å²) in [4.78, 5) is 22.7. The highest BCUT2D eigenvalue weighted by atomic mass is 16.6. The van der Waals surface area contributed by atoms with Gasteiger partial charge in [0.15, 0.2) is 0 Å². The van der Waals surface area contributed by atoms with E-state index in [1.165, 1.54) is 5.56 Å². The van der Waals surface area contributed by atoms with E-state index in [-0.39, 0.29) is 6.42 Å². The fraction of sp³-hybridized carbons (Fsp3) is 0.556. The quantitative estimate of drug-likeness (QED) is 0.715. The molecule has 1 aromatic rings. The summed E-state index contributed by atoms with van der Waals surface area (Å²) in [5.41, 5.74) is 0.674. The average Bonchev–Trinajstić information content (AvgIpc) is 2.41. The molecule has 0 aliphatic rings. The zero-order valence-corrected chi connectivity index (χ0v) is 14.2. The Labute approximate surface area is 138 Å². The van der Waals surface area contributed by atoms with Gasteiger partial charge in [0.25, 0.3) is 0 Å². The molecule has 0 radical (unpaired) electrons. The van der Waals surface area contributed by atoms with Crippen LogP contribution in [-0.4, -0.2) is 28.8 Å². The molecule has 5 heteroatoms. The lowest BCUT2D eigenvalue weighted by Gasteiger charge is -2.23. The van der Waals surface area contributed by atoms with Gasteiger partial charge in [-0.3, -0.25) is 4.79 Å². The number of aryl methyl sites for hydroxylation is 1. The highest BCUT2D eigenvalue weighted by molar-refractivity contribution is 5.71. The summed E-state index contributed by atoms with van der Waals surface area (Å²) in [7, 11) is 0. The second-order valence-corrected chi connectivity index (χ2v) is 6.67. The monoisotopic (exact) mass is 321 g/mol. The molecule has 1 atom stereocenters. The lowest BCUT2D eigenvalue weighted by molar-refractivity contribution is -0.137. The third-order valence-corrected chi connectivity index (χ3v) is 3.25. The van der Waals surface area contributed by atoms with Crippen LogP contribution in [0, 0.1) is 0 Å². The molecule has 0 aromatic heterocycles. The van der Waals surface area contributed by atoms with E-state index < -0.39 is 23.7 Å². The van der Waals surface area contributed by atoms with Crippen molar-refractivity contribution in [2.75, 3.05) is 0 Å². The highest BCUT2D eigenvalue weighted by Gasteiger charge is 2.20. The van der Waals surface area contributed by atoms with Gasteiger partial charge in [-0.2, -0.15) is 0 Å². The van der Waals surface area contributed by atoms with Crippen molar-refractivity contribution in [2.24, 2.45) is 0 Å². The van der Waals surface area contributed by atoms with Crippen LogP contribution in [0.2, 0.25) is 0 Å². The van der Waals surface area contributed by atoms with Crippen molar-refractivity contribution in [1.82, 2.24) is 5.32 Å². The molecule has 1 amide bonds. The van der Waals surface area contributed by atoms with Crippen LogP contribution >= 0.6 is 0 Å². The Morgan fingerprint density at radius 3 is 2.39 bits per heavy atom. The first-order chi connectivity index (χ1) is 10.8. The van der Waals surface area contributed by atoms with Crippen molar-refractivity contribution in [1.29, 1.82) is 0 Å². The minimum Gasteiger partial charge on any atom is -0.481 e. The van der Waals surface area contributed by atoms with Gasteiger partial charge < -0.3 is 15.2 Å². The summed E-state index contributed by atoms with van der Waals surface area (Å²) in [5.74, 6) is -0.922. The molecule has 0 aliphatic carbocycles. The van der Waals surface area contributed by atoms with Gasteiger partial charge in [-0.15, -0.1) is 0 Å². The fourth-order valence-electron chi connectivity index (χ4n) is 2.27. The second kappa shape index (κ2) is 9.18. The molecule has 1 rings (SSSR count). The molecular formula is C18H27NO4. The van der Waals surface area contributed by atoms with E-state index in [9.17, 15) is 9.59 Å². The maximum Gasteiger partial charge on any atom is 0.407 e. The molecule has 0 unspecified atom stereocenters. The zero-order valence-electron chi connectivity index (χ0n) is 14.2. The first kappa shape index (κ1) is 19.0. The van der Waals surface area contributed by atoms with E-state index in [0.717, 1.165) is 19.3 Å². The molecular weight excluding hydrogens is 294 g/mol. The van der Waals surface area contributed by atoms with E-state index >= 15 is 0 Å². The van der Waals surface area contributed by atoms with Crippen molar-refractivity contribution in [3.8, 4) is 0 Å². The van der Waals surface area contributed by atoms with Crippen LogP contribution in [-0.2, 0) is 16.0 Å². The standard InChI is InChI=1S/C18H27NO4/c1-18(2,3)23-17(22)19-15(13-16(20)21)12-8-7-11-14-9-5-4-6-10-14/h4-6,9-10,15H,7-8,11-13H2,1-3H3,(H,19,22)(H,20,21)/t15-/m1/s1. The van der Waals surface area contributed by atoms with Crippen LogP contribution in [0.15, 0.2) is 30.3 Å². The summed E-state index contributed by atoms with van der Waals surface area (Å²) < 4.78 is 5.18. The molecule has 2 N–H and O–H groups in total. The predicted octanol–water partition coefficient (Wildman–Crippen LogP) is 3.77. The average molecular weight is 321 g/mol. The van der Waals surface area contributed by atoms with Crippen molar-refractivity contribution < 1.29 is 19.4 Å².